The summed E-state index contributed by atoms with van der Waals surface area (Å²) in [6.07, 6.45) is 4.32. The minimum Gasteiger partial charge on any atom is -0.332 e. The lowest BCUT2D eigenvalue weighted by Crippen LogP contribution is -2.31. The quantitative estimate of drug-likeness (QED) is 0.930. The average molecular weight is 269 g/mol. The molecule has 0 radical (unpaired) electrons. The highest BCUT2D eigenvalue weighted by Crippen LogP contribution is 2.28. The van der Waals surface area contributed by atoms with Crippen LogP contribution in [-0.4, -0.2) is 15.6 Å². The van der Waals surface area contributed by atoms with Crippen LogP contribution in [0.15, 0.2) is 24.3 Å². The Balaban J connectivity index is 1.98. The van der Waals surface area contributed by atoms with Crippen molar-refractivity contribution >= 4 is 0 Å². The number of aromatic nitrogens is 2. The van der Waals surface area contributed by atoms with E-state index in [2.05, 4.69) is 42.7 Å². The van der Waals surface area contributed by atoms with E-state index in [-0.39, 0.29) is 6.04 Å². The van der Waals surface area contributed by atoms with Gasteiger partial charge in [-0.25, -0.2) is 4.98 Å². The second kappa shape index (κ2) is 5.41. The predicted molar refractivity (Wildman–Crippen MR) is 82.7 cm³/mol. The van der Waals surface area contributed by atoms with Crippen LogP contribution in [0.5, 0.6) is 0 Å². The Morgan fingerprint density at radius 3 is 2.75 bits per heavy atom. The van der Waals surface area contributed by atoms with Gasteiger partial charge in [0, 0.05) is 30.3 Å². The normalized spacial score (nSPS) is 18.1. The molecule has 2 aromatic rings. The molecule has 20 heavy (non-hydrogen) atoms. The van der Waals surface area contributed by atoms with Gasteiger partial charge in [0.05, 0.1) is 5.69 Å². The van der Waals surface area contributed by atoms with Gasteiger partial charge < -0.3 is 10.3 Å². The summed E-state index contributed by atoms with van der Waals surface area (Å²) in [5, 5.41) is 0. The summed E-state index contributed by atoms with van der Waals surface area (Å²) in [6.45, 7) is 5.31. The highest BCUT2D eigenvalue weighted by Gasteiger charge is 2.22. The molecule has 1 aliphatic rings. The summed E-state index contributed by atoms with van der Waals surface area (Å²) in [4.78, 5) is 4.78. The maximum absolute atomic E-state index is 6.13. The van der Waals surface area contributed by atoms with E-state index in [1.807, 2.05) is 0 Å². The van der Waals surface area contributed by atoms with Crippen LogP contribution in [0.2, 0.25) is 0 Å². The van der Waals surface area contributed by atoms with E-state index < -0.39 is 0 Å². The molecule has 1 aliphatic heterocycles. The largest absolute Gasteiger partial charge is 0.332 e. The van der Waals surface area contributed by atoms with Crippen molar-refractivity contribution in [2.45, 2.75) is 52.1 Å². The third-order valence-electron chi connectivity index (χ3n) is 4.21. The molecule has 3 nitrogen and oxygen atoms in total. The molecule has 0 saturated carbocycles. The number of hydrogen-bond donors (Lipinski definition) is 1. The molecule has 3 heteroatoms. The maximum Gasteiger partial charge on any atom is 0.106 e. The Labute approximate surface area is 120 Å². The monoisotopic (exact) mass is 269 g/mol. The Morgan fingerprint density at radius 2 is 2.05 bits per heavy atom. The van der Waals surface area contributed by atoms with Crippen molar-refractivity contribution in [3.8, 4) is 11.3 Å². The Bertz CT molecular complexity index is 595. The van der Waals surface area contributed by atoms with Gasteiger partial charge >= 0.3 is 0 Å². The first kappa shape index (κ1) is 13.4. The van der Waals surface area contributed by atoms with Gasteiger partial charge in [0.1, 0.15) is 5.82 Å². The average Bonchev–Trinajstić information content (AvgIpc) is 2.77. The lowest BCUT2D eigenvalue weighted by molar-refractivity contribution is 0.466. The van der Waals surface area contributed by atoms with Crippen molar-refractivity contribution in [3.63, 3.8) is 0 Å². The molecule has 1 aromatic carbocycles. The number of benzene rings is 1. The number of aryl methyl sites for hydroxylation is 2. The van der Waals surface area contributed by atoms with Gasteiger partial charge in [-0.05, 0) is 25.3 Å². The van der Waals surface area contributed by atoms with Crippen molar-refractivity contribution in [2.75, 3.05) is 0 Å². The Morgan fingerprint density at radius 1 is 1.30 bits per heavy atom. The first-order valence-corrected chi connectivity index (χ1v) is 7.60. The smallest absolute Gasteiger partial charge is 0.106 e. The zero-order valence-corrected chi connectivity index (χ0v) is 12.4. The van der Waals surface area contributed by atoms with Gasteiger partial charge in [-0.2, -0.15) is 0 Å². The lowest BCUT2D eigenvalue weighted by atomic mass is 9.99. The standard InChI is InChI=1S/C17H23N3/c1-3-4-13-5-7-14(8-6-13)17-16-11-15(18)9-10-20(16)12(2)19-17/h5-8,15H,3-4,9-11,18H2,1-2H3. The first-order chi connectivity index (χ1) is 9.69. The minimum atomic E-state index is 0.275. The molecule has 0 aliphatic carbocycles. The summed E-state index contributed by atoms with van der Waals surface area (Å²) >= 11 is 0. The van der Waals surface area contributed by atoms with Gasteiger partial charge in [-0.1, -0.05) is 37.6 Å². The number of imidazole rings is 1. The SMILES string of the molecule is CCCc1ccc(-c2nc(C)n3c2CC(N)CC3)cc1. The molecule has 2 N–H and O–H groups in total. The van der Waals surface area contributed by atoms with Crippen LogP contribution >= 0.6 is 0 Å². The van der Waals surface area contributed by atoms with Crippen LogP contribution in [0.1, 0.15) is 36.8 Å². The molecule has 0 amide bonds. The third-order valence-corrected chi connectivity index (χ3v) is 4.21. The van der Waals surface area contributed by atoms with Crippen molar-refractivity contribution in [1.82, 2.24) is 9.55 Å². The van der Waals surface area contributed by atoms with Crippen molar-refractivity contribution in [3.05, 3.63) is 41.3 Å². The van der Waals surface area contributed by atoms with Crippen LogP contribution in [-0.2, 0) is 19.4 Å². The fourth-order valence-corrected chi connectivity index (χ4v) is 3.11. The molecule has 0 spiro atoms. The van der Waals surface area contributed by atoms with Gasteiger partial charge in [-0.15, -0.1) is 0 Å². The van der Waals surface area contributed by atoms with Gasteiger partial charge in [-0.3, -0.25) is 0 Å². The zero-order valence-electron chi connectivity index (χ0n) is 12.4. The molecule has 1 atom stereocenters. The van der Waals surface area contributed by atoms with E-state index >= 15 is 0 Å². The highest BCUT2D eigenvalue weighted by atomic mass is 15.1. The number of nitrogens with two attached hydrogens (primary N) is 1. The molecule has 0 saturated heterocycles. The molecular weight excluding hydrogens is 246 g/mol. The van der Waals surface area contributed by atoms with E-state index in [1.54, 1.807) is 0 Å². The van der Waals surface area contributed by atoms with E-state index in [1.165, 1.54) is 23.2 Å². The van der Waals surface area contributed by atoms with Crippen molar-refractivity contribution < 1.29 is 0 Å². The van der Waals surface area contributed by atoms with Crippen LogP contribution in [0.3, 0.4) is 0 Å². The molecule has 1 aromatic heterocycles. The molecule has 0 bridgehead atoms. The van der Waals surface area contributed by atoms with E-state index in [9.17, 15) is 0 Å². The molecule has 2 heterocycles. The van der Waals surface area contributed by atoms with E-state index in [0.29, 0.717) is 0 Å². The van der Waals surface area contributed by atoms with Gasteiger partial charge in [0.2, 0.25) is 0 Å². The second-order valence-electron chi connectivity index (χ2n) is 5.81. The van der Waals surface area contributed by atoms with Crippen LogP contribution in [0.4, 0.5) is 0 Å². The Hall–Kier alpha value is -1.61. The topological polar surface area (TPSA) is 43.8 Å². The van der Waals surface area contributed by atoms with Crippen LogP contribution < -0.4 is 5.73 Å². The molecule has 1 unspecified atom stereocenters. The number of nitrogens with zero attached hydrogens (tertiary/aromatic N) is 2. The Kier molecular flexibility index (Phi) is 3.62. The first-order valence-electron chi connectivity index (χ1n) is 7.60. The number of hydrogen-bond acceptors (Lipinski definition) is 2. The van der Waals surface area contributed by atoms with E-state index in [0.717, 1.165) is 37.3 Å². The molecular formula is C17H23N3. The maximum atomic E-state index is 6.13. The zero-order chi connectivity index (χ0) is 14.1. The summed E-state index contributed by atoms with van der Waals surface area (Å²) in [5.41, 5.74) is 11.2. The minimum absolute atomic E-state index is 0.275. The van der Waals surface area contributed by atoms with Crippen molar-refractivity contribution in [1.29, 1.82) is 0 Å². The predicted octanol–water partition coefficient (Wildman–Crippen LogP) is 3.08. The fourth-order valence-electron chi connectivity index (χ4n) is 3.11. The van der Waals surface area contributed by atoms with Crippen LogP contribution in [0, 0.1) is 6.92 Å². The van der Waals surface area contributed by atoms with Gasteiger partial charge in [0.25, 0.3) is 0 Å². The summed E-state index contributed by atoms with van der Waals surface area (Å²) in [6, 6.07) is 9.13. The molecule has 0 fully saturated rings. The fraction of sp³-hybridized carbons (Fsp3) is 0.471. The number of fused-ring (bicyclic) bond motifs is 1. The van der Waals surface area contributed by atoms with E-state index in [4.69, 9.17) is 10.7 Å². The lowest BCUT2D eigenvalue weighted by Gasteiger charge is -2.22. The van der Waals surface area contributed by atoms with Crippen LogP contribution in [0.25, 0.3) is 11.3 Å². The van der Waals surface area contributed by atoms with Gasteiger partial charge in [0.15, 0.2) is 0 Å². The molecule has 3 rings (SSSR count). The van der Waals surface area contributed by atoms with Crippen molar-refractivity contribution in [2.24, 2.45) is 5.73 Å². The third kappa shape index (κ3) is 2.38. The molecule has 106 valence electrons. The second-order valence-corrected chi connectivity index (χ2v) is 5.81. The highest BCUT2D eigenvalue weighted by molar-refractivity contribution is 5.63. The summed E-state index contributed by atoms with van der Waals surface area (Å²) in [7, 11) is 0. The summed E-state index contributed by atoms with van der Waals surface area (Å²) < 4.78 is 2.33. The summed E-state index contributed by atoms with van der Waals surface area (Å²) in [5.74, 6) is 1.11. The number of rotatable bonds is 3.